The van der Waals surface area contributed by atoms with Gasteiger partial charge in [0, 0.05) is 10.5 Å². The van der Waals surface area contributed by atoms with E-state index >= 15 is 0 Å². The molecule has 0 radical (unpaired) electrons. The van der Waals surface area contributed by atoms with Crippen LogP contribution < -0.4 is 0 Å². The Labute approximate surface area is 127 Å². The van der Waals surface area contributed by atoms with Crippen LogP contribution in [0.1, 0.15) is 35.9 Å². The number of benzene rings is 1. The van der Waals surface area contributed by atoms with E-state index < -0.39 is 10.9 Å². The maximum Gasteiger partial charge on any atom is 0.358 e. The third kappa shape index (κ3) is 2.77. The minimum Gasteiger partial charge on any atom is -0.476 e. The molecule has 0 spiro atoms. The Balaban J connectivity index is 2.73. The lowest BCUT2D eigenvalue weighted by Gasteiger charge is -2.10. The number of nitro benzene ring substituents is 1. The zero-order valence-corrected chi connectivity index (χ0v) is 12.7. The SMILES string of the molecule is CC(C)c1c(C(=O)O)nnn1-c1ccc(Br)cc1[N+](=O)[O-]. The fraction of sp³-hybridized carbons (Fsp3) is 0.250. The molecule has 2 rings (SSSR count). The number of carboxylic acid groups (broad SMARTS) is 1. The second-order valence-electron chi connectivity index (χ2n) is 4.59. The number of rotatable bonds is 4. The fourth-order valence-corrected chi connectivity index (χ4v) is 2.31. The van der Waals surface area contributed by atoms with Crippen LogP contribution in [0.3, 0.4) is 0 Å². The Morgan fingerprint density at radius 3 is 2.67 bits per heavy atom. The van der Waals surface area contributed by atoms with Crippen LogP contribution in [-0.4, -0.2) is 31.0 Å². The van der Waals surface area contributed by atoms with Crippen LogP contribution in [0.25, 0.3) is 5.69 Å². The van der Waals surface area contributed by atoms with Crippen molar-refractivity contribution in [1.82, 2.24) is 15.0 Å². The first-order valence-corrected chi connectivity index (χ1v) is 6.75. The van der Waals surface area contributed by atoms with Gasteiger partial charge in [-0.15, -0.1) is 5.10 Å². The van der Waals surface area contributed by atoms with Gasteiger partial charge in [0.05, 0.1) is 10.6 Å². The predicted octanol–water partition coefficient (Wildman–Crippen LogP) is 2.76. The van der Waals surface area contributed by atoms with Crippen molar-refractivity contribution in [1.29, 1.82) is 0 Å². The van der Waals surface area contributed by atoms with Crippen LogP contribution in [0.15, 0.2) is 22.7 Å². The van der Waals surface area contributed by atoms with Crippen molar-refractivity contribution in [3.05, 3.63) is 44.2 Å². The molecule has 0 fully saturated rings. The number of aromatic carboxylic acids is 1. The maximum absolute atomic E-state index is 11.2. The average Bonchev–Trinajstić information content (AvgIpc) is 2.83. The Kier molecular flexibility index (Phi) is 4.03. The van der Waals surface area contributed by atoms with Gasteiger partial charge in [0.15, 0.2) is 5.69 Å². The fourth-order valence-electron chi connectivity index (χ4n) is 1.96. The molecule has 1 aromatic carbocycles. The standard InChI is InChI=1S/C12H11BrN4O4/c1-6(2)11-10(12(18)19)14-15-16(11)8-4-3-7(13)5-9(8)17(20)21/h3-6H,1-2H3,(H,18,19). The molecule has 0 unspecified atom stereocenters. The molecule has 0 saturated carbocycles. The van der Waals surface area contributed by atoms with E-state index in [1.807, 2.05) is 0 Å². The minimum absolute atomic E-state index is 0.173. The van der Waals surface area contributed by atoms with Crippen molar-refractivity contribution in [2.45, 2.75) is 19.8 Å². The second kappa shape index (κ2) is 5.60. The van der Waals surface area contributed by atoms with Gasteiger partial charge >= 0.3 is 5.97 Å². The van der Waals surface area contributed by atoms with E-state index in [2.05, 4.69) is 26.2 Å². The van der Waals surface area contributed by atoms with Crippen LogP contribution in [0.4, 0.5) is 5.69 Å². The van der Waals surface area contributed by atoms with E-state index in [-0.39, 0.29) is 23.0 Å². The predicted molar refractivity (Wildman–Crippen MR) is 76.8 cm³/mol. The summed E-state index contributed by atoms with van der Waals surface area (Å²) in [7, 11) is 0. The van der Waals surface area contributed by atoms with E-state index in [4.69, 9.17) is 5.11 Å². The summed E-state index contributed by atoms with van der Waals surface area (Å²) in [4.78, 5) is 21.8. The molecule has 1 aromatic heterocycles. The molecule has 21 heavy (non-hydrogen) atoms. The second-order valence-corrected chi connectivity index (χ2v) is 5.50. The highest BCUT2D eigenvalue weighted by atomic mass is 79.9. The summed E-state index contributed by atoms with van der Waals surface area (Å²) in [5, 5.41) is 27.7. The molecule has 2 aromatic rings. The van der Waals surface area contributed by atoms with Gasteiger partial charge in [0.25, 0.3) is 5.69 Å². The van der Waals surface area contributed by atoms with E-state index in [0.717, 1.165) is 0 Å². The van der Waals surface area contributed by atoms with Gasteiger partial charge in [-0.3, -0.25) is 10.1 Å². The molecule has 0 saturated heterocycles. The molecule has 1 heterocycles. The summed E-state index contributed by atoms with van der Waals surface area (Å²) in [6.45, 7) is 3.54. The van der Waals surface area contributed by atoms with E-state index in [9.17, 15) is 14.9 Å². The first-order chi connectivity index (χ1) is 9.82. The lowest BCUT2D eigenvalue weighted by Crippen LogP contribution is -2.10. The number of aromatic nitrogens is 3. The Morgan fingerprint density at radius 1 is 1.48 bits per heavy atom. The van der Waals surface area contributed by atoms with Crippen LogP contribution in [0, 0.1) is 10.1 Å². The number of nitro groups is 1. The topological polar surface area (TPSA) is 111 Å². The third-order valence-corrected chi connectivity index (χ3v) is 3.31. The molecular formula is C12H11BrN4O4. The summed E-state index contributed by atoms with van der Waals surface area (Å²) in [6.07, 6.45) is 0. The number of hydrogen-bond donors (Lipinski definition) is 1. The molecule has 110 valence electrons. The van der Waals surface area contributed by atoms with Gasteiger partial charge in [-0.1, -0.05) is 35.0 Å². The molecular weight excluding hydrogens is 344 g/mol. The molecule has 9 heteroatoms. The zero-order valence-electron chi connectivity index (χ0n) is 11.1. The smallest absolute Gasteiger partial charge is 0.358 e. The monoisotopic (exact) mass is 354 g/mol. The summed E-state index contributed by atoms with van der Waals surface area (Å²) < 4.78 is 1.75. The highest BCUT2D eigenvalue weighted by Gasteiger charge is 2.26. The Morgan fingerprint density at radius 2 is 2.14 bits per heavy atom. The van der Waals surface area contributed by atoms with Gasteiger partial charge < -0.3 is 5.11 Å². The van der Waals surface area contributed by atoms with E-state index in [1.165, 1.54) is 16.8 Å². The van der Waals surface area contributed by atoms with Crippen molar-refractivity contribution < 1.29 is 14.8 Å². The van der Waals surface area contributed by atoms with Crippen LogP contribution in [-0.2, 0) is 0 Å². The normalized spacial score (nSPS) is 10.9. The number of carboxylic acids is 1. The van der Waals surface area contributed by atoms with E-state index in [1.54, 1.807) is 19.9 Å². The van der Waals surface area contributed by atoms with Crippen molar-refractivity contribution in [2.75, 3.05) is 0 Å². The van der Waals surface area contributed by atoms with Crippen LogP contribution >= 0.6 is 15.9 Å². The first kappa shape index (κ1) is 15.1. The van der Waals surface area contributed by atoms with Crippen molar-refractivity contribution in [3.63, 3.8) is 0 Å². The molecule has 8 nitrogen and oxygen atoms in total. The molecule has 1 N–H and O–H groups in total. The lowest BCUT2D eigenvalue weighted by molar-refractivity contribution is -0.384. The summed E-state index contributed by atoms with van der Waals surface area (Å²) >= 11 is 3.17. The number of hydrogen-bond acceptors (Lipinski definition) is 5. The summed E-state index contributed by atoms with van der Waals surface area (Å²) in [5.74, 6) is -1.43. The van der Waals surface area contributed by atoms with Crippen LogP contribution in [0.2, 0.25) is 0 Å². The zero-order chi connectivity index (χ0) is 15.7. The van der Waals surface area contributed by atoms with Gasteiger partial charge in [0.2, 0.25) is 0 Å². The Bertz CT molecular complexity index is 726. The molecule has 0 aliphatic heterocycles. The van der Waals surface area contributed by atoms with Gasteiger partial charge in [-0.2, -0.15) is 0 Å². The highest BCUT2D eigenvalue weighted by Crippen LogP contribution is 2.29. The number of nitrogens with zero attached hydrogens (tertiary/aromatic N) is 4. The summed E-state index contributed by atoms with van der Waals surface area (Å²) in [6, 6.07) is 4.45. The number of halogens is 1. The Hall–Kier alpha value is -2.29. The van der Waals surface area contributed by atoms with Gasteiger partial charge in [0.1, 0.15) is 5.69 Å². The van der Waals surface area contributed by atoms with Gasteiger partial charge in [-0.05, 0) is 18.1 Å². The molecule has 0 bridgehead atoms. The first-order valence-electron chi connectivity index (χ1n) is 5.96. The quantitative estimate of drug-likeness (QED) is 0.667. The van der Waals surface area contributed by atoms with Crippen LogP contribution in [0.5, 0.6) is 0 Å². The maximum atomic E-state index is 11.2. The van der Waals surface area contributed by atoms with Crippen molar-refractivity contribution >= 4 is 27.6 Å². The largest absolute Gasteiger partial charge is 0.476 e. The van der Waals surface area contributed by atoms with E-state index in [0.29, 0.717) is 10.2 Å². The molecule has 0 amide bonds. The molecule has 0 aliphatic rings. The lowest BCUT2D eigenvalue weighted by atomic mass is 10.1. The van der Waals surface area contributed by atoms with Crippen molar-refractivity contribution in [2.24, 2.45) is 0 Å². The van der Waals surface area contributed by atoms with Crippen molar-refractivity contribution in [3.8, 4) is 5.69 Å². The molecule has 0 atom stereocenters. The minimum atomic E-state index is -1.22. The average molecular weight is 355 g/mol. The highest BCUT2D eigenvalue weighted by molar-refractivity contribution is 9.10. The third-order valence-electron chi connectivity index (χ3n) is 2.82. The molecule has 0 aliphatic carbocycles. The summed E-state index contributed by atoms with van der Waals surface area (Å²) in [5.41, 5.74) is 0.0927. The number of carbonyl (C=O) groups is 1. The van der Waals surface area contributed by atoms with Gasteiger partial charge in [-0.25, -0.2) is 9.48 Å².